The molecule has 0 spiro atoms. The highest BCUT2D eigenvalue weighted by Gasteiger charge is 2.20. The van der Waals surface area contributed by atoms with Crippen LogP contribution in [-0.4, -0.2) is 25.4 Å². The summed E-state index contributed by atoms with van der Waals surface area (Å²) in [6, 6.07) is 10.0. The van der Waals surface area contributed by atoms with Gasteiger partial charge >= 0.3 is 0 Å². The molecule has 1 aromatic heterocycles. The highest BCUT2D eigenvalue weighted by molar-refractivity contribution is 7.09. The third-order valence-corrected chi connectivity index (χ3v) is 5.06. The van der Waals surface area contributed by atoms with E-state index in [0.29, 0.717) is 19.4 Å². The van der Waals surface area contributed by atoms with Gasteiger partial charge in [-0.25, -0.2) is 0 Å². The fourth-order valence-electron chi connectivity index (χ4n) is 2.85. The summed E-state index contributed by atoms with van der Waals surface area (Å²) in [7, 11) is 1.80. The SMILES string of the molecule is CN1C(=O)CCc2cc(CC(=O)NCCc3cccs3)ccc21. The molecule has 1 aromatic carbocycles. The first-order valence-electron chi connectivity index (χ1n) is 7.81. The normalized spacial score (nSPS) is 13.8. The molecule has 0 saturated carbocycles. The number of carbonyl (C=O) groups is 2. The van der Waals surface area contributed by atoms with Crippen LogP contribution in [0.3, 0.4) is 0 Å². The first-order chi connectivity index (χ1) is 11.1. The monoisotopic (exact) mass is 328 g/mol. The number of amides is 2. The molecule has 2 heterocycles. The van der Waals surface area contributed by atoms with E-state index in [1.807, 2.05) is 23.6 Å². The molecule has 2 amide bonds. The fraction of sp³-hybridized carbons (Fsp3) is 0.333. The second-order valence-corrected chi connectivity index (χ2v) is 6.80. The number of anilines is 1. The lowest BCUT2D eigenvalue weighted by molar-refractivity contribution is -0.120. The number of carbonyl (C=O) groups excluding carboxylic acids is 2. The van der Waals surface area contributed by atoms with Crippen LogP contribution in [0.1, 0.15) is 22.4 Å². The summed E-state index contributed by atoms with van der Waals surface area (Å²) in [4.78, 5) is 26.7. The van der Waals surface area contributed by atoms with Crippen molar-refractivity contribution in [3.05, 3.63) is 51.7 Å². The van der Waals surface area contributed by atoms with Gasteiger partial charge in [0.2, 0.25) is 11.8 Å². The van der Waals surface area contributed by atoms with Crippen LogP contribution in [0.25, 0.3) is 0 Å². The van der Waals surface area contributed by atoms with Crippen molar-refractivity contribution in [2.75, 3.05) is 18.5 Å². The molecule has 3 rings (SSSR count). The molecule has 0 radical (unpaired) electrons. The van der Waals surface area contributed by atoms with Crippen molar-refractivity contribution in [3.63, 3.8) is 0 Å². The van der Waals surface area contributed by atoms with E-state index in [0.717, 1.165) is 29.7 Å². The number of nitrogens with zero attached hydrogens (tertiary/aromatic N) is 1. The van der Waals surface area contributed by atoms with Gasteiger partial charge in [-0.3, -0.25) is 9.59 Å². The van der Waals surface area contributed by atoms with E-state index in [1.54, 1.807) is 23.3 Å². The van der Waals surface area contributed by atoms with Gasteiger partial charge in [-0.2, -0.15) is 0 Å². The first-order valence-corrected chi connectivity index (χ1v) is 8.69. The lowest BCUT2D eigenvalue weighted by Crippen LogP contribution is -2.31. The molecule has 1 aliphatic heterocycles. The molecule has 120 valence electrons. The molecule has 0 atom stereocenters. The number of fused-ring (bicyclic) bond motifs is 1. The average molecular weight is 328 g/mol. The number of aryl methyl sites for hydroxylation is 1. The quantitative estimate of drug-likeness (QED) is 0.917. The van der Waals surface area contributed by atoms with Gasteiger partial charge in [0.1, 0.15) is 0 Å². The molecule has 0 unspecified atom stereocenters. The van der Waals surface area contributed by atoms with E-state index in [4.69, 9.17) is 0 Å². The van der Waals surface area contributed by atoms with Gasteiger partial charge in [0, 0.05) is 30.6 Å². The Labute approximate surface area is 140 Å². The molecule has 23 heavy (non-hydrogen) atoms. The van der Waals surface area contributed by atoms with Crippen molar-refractivity contribution in [3.8, 4) is 0 Å². The van der Waals surface area contributed by atoms with Gasteiger partial charge < -0.3 is 10.2 Å². The minimum Gasteiger partial charge on any atom is -0.355 e. The molecule has 0 aliphatic carbocycles. The minimum absolute atomic E-state index is 0.0433. The number of rotatable bonds is 5. The molecular weight excluding hydrogens is 308 g/mol. The van der Waals surface area contributed by atoms with E-state index >= 15 is 0 Å². The van der Waals surface area contributed by atoms with Crippen molar-refractivity contribution in [2.24, 2.45) is 0 Å². The Morgan fingerprint density at radius 2 is 2.17 bits per heavy atom. The summed E-state index contributed by atoms with van der Waals surface area (Å²) in [6.07, 6.45) is 2.56. The predicted molar refractivity (Wildman–Crippen MR) is 92.9 cm³/mol. The Bertz CT molecular complexity index is 710. The molecule has 0 saturated heterocycles. The summed E-state index contributed by atoms with van der Waals surface area (Å²) < 4.78 is 0. The third kappa shape index (κ3) is 3.79. The van der Waals surface area contributed by atoms with Crippen molar-refractivity contribution in [1.29, 1.82) is 0 Å². The number of thiophene rings is 1. The van der Waals surface area contributed by atoms with Gasteiger partial charge in [0.15, 0.2) is 0 Å². The Morgan fingerprint density at radius 1 is 1.30 bits per heavy atom. The van der Waals surface area contributed by atoms with Gasteiger partial charge in [-0.15, -0.1) is 11.3 Å². The second kappa shape index (κ2) is 6.96. The maximum Gasteiger partial charge on any atom is 0.227 e. The summed E-state index contributed by atoms with van der Waals surface area (Å²) in [6.45, 7) is 0.668. The zero-order valence-corrected chi connectivity index (χ0v) is 14.0. The highest BCUT2D eigenvalue weighted by Crippen LogP contribution is 2.27. The maximum absolute atomic E-state index is 12.1. The minimum atomic E-state index is 0.0433. The first kappa shape index (κ1) is 15.7. The Morgan fingerprint density at radius 3 is 2.96 bits per heavy atom. The summed E-state index contributed by atoms with van der Waals surface area (Å²) in [5.74, 6) is 0.193. The lowest BCUT2D eigenvalue weighted by Gasteiger charge is -2.26. The number of benzene rings is 1. The maximum atomic E-state index is 12.1. The van der Waals surface area contributed by atoms with Crippen LogP contribution < -0.4 is 10.2 Å². The fourth-order valence-corrected chi connectivity index (χ4v) is 3.56. The third-order valence-electron chi connectivity index (χ3n) is 4.13. The molecular formula is C18H20N2O2S. The topological polar surface area (TPSA) is 49.4 Å². The van der Waals surface area contributed by atoms with Gasteiger partial charge in [0.25, 0.3) is 0 Å². The zero-order chi connectivity index (χ0) is 16.2. The molecule has 1 aliphatic rings. The predicted octanol–water partition coefficient (Wildman–Crippen LogP) is 2.56. The van der Waals surface area contributed by atoms with Crippen LogP contribution in [0, 0.1) is 0 Å². The van der Waals surface area contributed by atoms with Crippen LogP contribution in [0.15, 0.2) is 35.7 Å². The lowest BCUT2D eigenvalue weighted by atomic mass is 9.98. The Kier molecular flexibility index (Phi) is 4.76. The smallest absolute Gasteiger partial charge is 0.227 e. The zero-order valence-electron chi connectivity index (χ0n) is 13.2. The number of hydrogen-bond donors (Lipinski definition) is 1. The van der Waals surface area contributed by atoms with Crippen molar-refractivity contribution in [1.82, 2.24) is 5.32 Å². The molecule has 1 N–H and O–H groups in total. The largest absolute Gasteiger partial charge is 0.355 e. The molecule has 4 nitrogen and oxygen atoms in total. The molecule has 5 heteroatoms. The van der Waals surface area contributed by atoms with Crippen LogP contribution in [0.5, 0.6) is 0 Å². The Balaban J connectivity index is 1.55. The second-order valence-electron chi connectivity index (χ2n) is 5.77. The van der Waals surface area contributed by atoms with E-state index in [2.05, 4.69) is 17.4 Å². The van der Waals surface area contributed by atoms with Crippen molar-refractivity contribution >= 4 is 28.8 Å². The van der Waals surface area contributed by atoms with E-state index in [9.17, 15) is 9.59 Å². The number of hydrogen-bond acceptors (Lipinski definition) is 3. The van der Waals surface area contributed by atoms with E-state index in [-0.39, 0.29) is 11.8 Å². The van der Waals surface area contributed by atoms with Crippen LogP contribution >= 0.6 is 11.3 Å². The highest BCUT2D eigenvalue weighted by atomic mass is 32.1. The van der Waals surface area contributed by atoms with Crippen molar-refractivity contribution in [2.45, 2.75) is 25.7 Å². The molecule has 2 aromatic rings. The summed E-state index contributed by atoms with van der Waals surface area (Å²) in [5, 5.41) is 5.02. The van der Waals surface area contributed by atoms with Gasteiger partial charge in [-0.1, -0.05) is 18.2 Å². The standard InChI is InChI=1S/C18H20N2O2S/c1-20-16-6-4-13(11-14(16)5-7-18(20)22)12-17(21)19-9-8-15-3-2-10-23-15/h2-4,6,10-11H,5,7-9,12H2,1H3,(H,19,21). The van der Waals surface area contributed by atoms with Crippen molar-refractivity contribution < 1.29 is 9.59 Å². The summed E-state index contributed by atoms with van der Waals surface area (Å²) >= 11 is 1.71. The molecule has 0 fully saturated rings. The average Bonchev–Trinajstić information content (AvgIpc) is 3.04. The Hall–Kier alpha value is -2.14. The van der Waals surface area contributed by atoms with Gasteiger partial charge in [-0.05, 0) is 41.5 Å². The van der Waals surface area contributed by atoms with Crippen LogP contribution in [0.4, 0.5) is 5.69 Å². The summed E-state index contributed by atoms with van der Waals surface area (Å²) in [5.41, 5.74) is 3.11. The van der Waals surface area contributed by atoms with Gasteiger partial charge in [0.05, 0.1) is 6.42 Å². The molecule has 0 bridgehead atoms. The van der Waals surface area contributed by atoms with Crippen LogP contribution in [0.2, 0.25) is 0 Å². The van der Waals surface area contributed by atoms with E-state index in [1.165, 1.54) is 4.88 Å². The van der Waals surface area contributed by atoms with E-state index < -0.39 is 0 Å². The number of nitrogens with one attached hydrogen (secondary N) is 1. The van der Waals surface area contributed by atoms with Crippen LogP contribution in [-0.2, 0) is 28.9 Å².